The number of fused-ring (bicyclic) bond motifs is 7. The van der Waals surface area contributed by atoms with Crippen molar-refractivity contribution in [3.05, 3.63) is 12.2 Å². The minimum atomic E-state index is -1.12. The van der Waals surface area contributed by atoms with Gasteiger partial charge in [0.25, 0.3) is 0 Å². The van der Waals surface area contributed by atoms with Crippen LogP contribution in [0.4, 0.5) is 0 Å². The number of aliphatic hydroxyl groups is 1. The first-order chi connectivity index (χ1) is 23.3. The molecule has 6 aliphatic rings. The molecule has 6 rings (SSSR count). The van der Waals surface area contributed by atoms with Crippen LogP contribution in [0.5, 0.6) is 0 Å². The zero-order chi connectivity index (χ0) is 36.5. The van der Waals surface area contributed by atoms with Crippen molar-refractivity contribution >= 4 is 11.9 Å². The number of β-amino-alcohol motifs (C(OH)–C–C–N with tert-alkyl or cyclic N) is 1. The highest BCUT2D eigenvalue weighted by atomic mass is 16.5. The van der Waals surface area contributed by atoms with Gasteiger partial charge >= 0.3 is 11.9 Å². The van der Waals surface area contributed by atoms with Gasteiger partial charge in [0.05, 0.1) is 18.4 Å². The summed E-state index contributed by atoms with van der Waals surface area (Å²) in [6, 6.07) is 0. The van der Waals surface area contributed by atoms with Gasteiger partial charge in [0, 0.05) is 38.1 Å². The summed E-state index contributed by atoms with van der Waals surface area (Å²) in [6.07, 6.45) is 13.5. The van der Waals surface area contributed by atoms with Gasteiger partial charge in [-0.25, -0.2) is 0 Å². The van der Waals surface area contributed by atoms with Gasteiger partial charge in [0.15, 0.2) is 0 Å². The zero-order valence-electron chi connectivity index (χ0n) is 33.1. The van der Waals surface area contributed by atoms with E-state index in [1.165, 1.54) is 69.9 Å². The lowest BCUT2D eigenvalue weighted by atomic mass is 9.32. The minimum Gasteiger partial charge on any atom is -0.481 e. The first-order valence-corrected chi connectivity index (χ1v) is 20.5. The normalized spacial score (nSPS) is 43.2. The maximum atomic E-state index is 13.1. The third-order valence-corrected chi connectivity index (χ3v) is 17.4. The number of carboxylic acids is 1. The van der Waals surface area contributed by atoms with Crippen LogP contribution in [0.1, 0.15) is 132 Å². The van der Waals surface area contributed by atoms with E-state index in [0.717, 1.165) is 57.4 Å². The molecular formula is C43H72N2O5. The lowest BCUT2D eigenvalue weighted by Crippen LogP contribution is -2.66. The number of piperazine rings is 1. The Hall–Kier alpha value is -1.44. The standard InChI is InChI=1S/C43H72N2O5/c1-29(2)30-12-17-43(20-21-44-22-24-45(25-23-44)26-27-46)19-18-41(8)31(36(30)43)10-11-33-40(7)15-14-34(50-35(47)28-38(3,4)37(48)49)39(5,6)32(40)13-16-42(33,41)9/h30-34,36,46H,1,10-28H2,2-9H3,(H,48,49)/t30-,31+,32-,33+,34-,36+,40-,41+,42+,43?/m0/s1. The molecular weight excluding hydrogens is 624 g/mol. The molecule has 0 radical (unpaired) electrons. The summed E-state index contributed by atoms with van der Waals surface area (Å²) in [7, 11) is 0. The molecule has 1 unspecified atom stereocenters. The van der Waals surface area contributed by atoms with Gasteiger partial charge in [-0.3, -0.25) is 14.5 Å². The second-order valence-corrected chi connectivity index (χ2v) is 20.4. The van der Waals surface area contributed by atoms with Crippen LogP contribution >= 0.6 is 0 Å². The van der Waals surface area contributed by atoms with Gasteiger partial charge in [-0.15, -0.1) is 0 Å². The van der Waals surface area contributed by atoms with Crippen molar-refractivity contribution in [3.63, 3.8) is 0 Å². The zero-order valence-corrected chi connectivity index (χ0v) is 33.1. The van der Waals surface area contributed by atoms with Gasteiger partial charge in [0.2, 0.25) is 0 Å². The van der Waals surface area contributed by atoms with Crippen molar-refractivity contribution in [2.75, 3.05) is 45.9 Å². The van der Waals surface area contributed by atoms with E-state index in [1.807, 2.05) is 0 Å². The molecule has 6 fully saturated rings. The molecule has 1 heterocycles. The molecule has 5 aliphatic carbocycles. The summed E-state index contributed by atoms with van der Waals surface area (Å²) in [4.78, 5) is 30.0. The molecule has 1 aliphatic heterocycles. The van der Waals surface area contributed by atoms with Gasteiger partial charge in [0.1, 0.15) is 6.10 Å². The van der Waals surface area contributed by atoms with E-state index >= 15 is 0 Å². The summed E-state index contributed by atoms with van der Waals surface area (Å²) in [5.41, 5.74) is 1.36. The molecule has 0 aromatic carbocycles. The molecule has 0 spiro atoms. The number of hydrogen-bond donors (Lipinski definition) is 2. The molecule has 0 amide bonds. The van der Waals surface area contributed by atoms with E-state index in [-0.39, 0.29) is 41.3 Å². The molecule has 10 atom stereocenters. The number of carbonyl (C=O) groups excluding carboxylic acids is 1. The van der Waals surface area contributed by atoms with E-state index in [0.29, 0.717) is 28.6 Å². The first-order valence-electron chi connectivity index (χ1n) is 20.5. The monoisotopic (exact) mass is 697 g/mol. The van der Waals surface area contributed by atoms with Crippen LogP contribution in [0.15, 0.2) is 12.2 Å². The Morgan fingerprint density at radius 2 is 1.48 bits per heavy atom. The van der Waals surface area contributed by atoms with Crippen LogP contribution in [-0.4, -0.2) is 83.9 Å². The molecule has 0 bridgehead atoms. The molecule has 284 valence electrons. The quantitative estimate of drug-likeness (QED) is 0.177. The molecule has 0 aromatic rings. The summed E-state index contributed by atoms with van der Waals surface area (Å²) in [5.74, 6) is 1.92. The van der Waals surface area contributed by atoms with Crippen molar-refractivity contribution in [1.29, 1.82) is 0 Å². The van der Waals surface area contributed by atoms with E-state index < -0.39 is 11.4 Å². The predicted molar refractivity (Wildman–Crippen MR) is 199 cm³/mol. The third-order valence-electron chi connectivity index (χ3n) is 17.4. The highest BCUT2D eigenvalue weighted by Gasteiger charge is 2.71. The minimum absolute atomic E-state index is 0.0909. The van der Waals surface area contributed by atoms with Gasteiger partial charge in [-0.1, -0.05) is 46.8 Å². The Bertz CT molecular complexity index is 1300. The number of ether oxygens (including phenoxy) is 1. The second kappa shape index (κ2) is 13.4. The molecule has 2 N–H and O–H groups in total. The fourth-order valence-electron chi connectivity index (χ4n) is 14.3. The smallest absolute Gasteiger partial charge is 0.309 e. The molecule has 50 heavy (non-hydrogen) atoms. The number of aliphatic hydroxyl groups excluding tert-OH is 1. The van der Waals surface area contributed by atoms with Crippen molar-refractivity contribution in [2.24, 2.45) is 62.1 Å². The second-order valence-electron chi connectivity index (χ2n) is 20.4. The average Bonchev–Trinajstić information content (AvgIpc) is 3.43. The van der Waals surface area contributed by atoms with E-state index in [9.17, 15) is 19.8 Å². The van der Waals surface area contributed by atoms with E-state index in [2.05, 4.69) is 57.9 Å². The Labute approximate surface area is 304 Å². The number of carbonyl (C=O) groups is 2. The highest BCUT2D eigenvalue weighted by molar-refractivity contribution is 5.81. The Morgan fingerprint density at radius 1 is 0.820 bits per heavy atom. The number of rotatable bonds is 10. The van der Waals surface area contributed by atoms with Crippen molar-refractivity contribution in [3.8, 4) is 0 Å². The van der Waals surface area contributed by atoms with Crippen LogP contribution in [0.25, 0.3) is 0 Å². The summed E-state index contributed by atoms with van der Waals surface area (Å²) in [6.45, 7) is 29.6. The molecule has 7 nitrogen and oxygen atoms in total. The molecule has 1 saturated heterocycles. The number of hydrogen-bond acceptors (Lipinski definition) is 6. The van der Waals surface area contributed by atoms with Crippen LogP contribution < -0.4 is 0 Å². The lowest BCUT2D eigenvalue weighted by molar-refractivity contribution is -0.250. The Balaban J connectivity index is 1.20. The largest absolute Gasteiger partial charge is 0.481 e. The SMILES string of the molecule is C=C(C)[C@@H]1CCC2(CCN3CCN(CCO)CC3)CC[C@]3(C)[C@H](CC[C@@H]4[C@@]5(C)CC[C@H](OC(=O)CC(C)(C)C(=O)O)C(C)(C)[C@@H]5CC[C@]43C)[C@@H]12. The van der Waals surface area contributed by atoms with Crippen LogP contribution in [-0.2, 0) is 14.3 Å². The van der Waals surface area contributed by atoms with Gasteiger partial charge in [-0.05, 0) is 149 Å². The van der Waals surface area contributed by atoms with E-state index in [1.54, 1.807) is 13.8 Å². The highest BCUT2D eigenvalue weighted by Crippen LogP contribution is 2.78. The average molecular weight is 697 g/mol. The van der Waals surface area contributed by atoms with Crippen molar-refractivity contribution in [1.82, 2.24) is 9.80 Å². The number of aliphatic carboxylic acids is 1. The maximum Gasteiger partial charge on any atom is 0.309 e. The topological polar surface area (TPSA) is 90.3 Å². The van der Waals surface area contributed by atoms with E-state index in [4.69, 9.17) is 4.74 Å². The van der Waals surface area contributed by atoms with Crippen molar-refractivity contribution in [2.45, 2.75) is 139 Å². The summed E-state index contributed by atoms with van der Waals surface area (Å²) in [5, 5.41) is 19.0. The first kappa shape index (κ1) is 38.3. The number of allylic oxidation sites excluding steroid dienone is 1. The van der Waals surface area contributed by atoms with Gasteiger partial charge in [-0.2, -0.15) is 0 Å². The fraction of sp³-hybridized carbons (Fsp3) is 0.907. The number of carboxylic acid groups (broad SMARTS) is 1. The predicted octanol–water partition coefficient (Wildman–Crippen LogP) is 8.06. The van der Waals surface area contributed by atoms with Crippen LogP contribution in [0.3, 0.4) is 0 Å². The maximum absolute atomic E-state index is 13.1. The van der Waals surface area contributed by atoms with Crippen LogP contribution in [0, 0.1) is 62.1 Å². The molecule has 7 heteroatoms. The molecule has 0 aromatic heterocycles. The van der Waals surface area contributed by atoms with Crippen LogP contribution in [0.2, 0.25) is 0 Å². The summed E-state index contributed by atoms with van der Waals surface area (Å²) >= 11 is 0. The lowest BCUT2D eigenvalue weighted by Gasteiger charge is -2.73. The fourth-order valence-corrected chi connectivity index (χ4v) is 14.3. The summed E-state index contributed by atoms with van der Waals surface area (Å²) < 4.78 is 6.20. The number of esters is 1. The Morgan fingerprint density at radius 3 is 2.10 bits per heavy atom. The Kier molecular flexibility index (Phi) is 10.3. The molecule has 5 saturated carbocycles. The third kappa shape index (κ3) is 6.13. The number of nitrogens with zero attached hydrogens (tertiary/aromatic N) is 2. The van der Waals surface area contributed by atoms with Crippen molar-refractivity contribution < 1.29 is 24.5 Å². The van der Waals surface area contributed by atoms with Gasteiger partial charge < -0.3 is 19.8 Å².